The van der Waals surface area contributed by atoms with E-state index in [0.29, 0.717) is 12.8 Å². The first kappa shape index (κ1) is 25.9. The fourth-order valence-electron chi connectivity index (χ4n) is 5.46. The Morgan fingerprint density at radius 2 is 1.69 bits per heavy atom. The van der Waals surface area contributed by atoms with Gasteiger partial charge in [0.1, 0.15) is 11.4 Å². The Labute approximate surface area is 207 Å². The number of hydrogen-bond donors (Lipinski definition) is 2. The Balaban J connectivity index is 1.63. The molecule has 196 valence electrons. The van der Waals surface area contributed by atoms with Crippen LogP contribution in [0.5, 0.6) is 0 Å². The molecule has 1 saturated heterocycles. The molecule has 2 aliphatic rings. The van der Waals surface area contributed by atoms with E-state index in [1.54, 1.807) is 0 Å². The van der Waals surface area contributed by atoms with Crippen LogP contribution in [-0.4, -0.2) is 47.2 Å². The average Bonchev–Trinajstić information content (AvgIpc) is 3.42. The highest BCUT2D eigenvalue weighted by atomic mass is 19.4. The molecule has 0 spiro atoms. The van der Waals surface area contributed by atoms with Crippen LogP contribution in [0.3, 0.4) is 0 Å². The van der Waals surface area contributed by atoms with Gasteiger partial charge in [0.15, 0.2) is 5.82 Å². The van der Waals surface area contributed by atoms with E-state index in [1.165, 1.54) is 23.7 Å². The summed E-state index contributed by atoms with van der Waals surface area (Å²) in [6.45, 7) is 11.2. The number of likely N-dealkylation sites (tertiary alicyclic amines) is 1. The molecule has 3 heterocycles. The number of carbonyl (C=O) groups is 1. The molecule has 0 bridgehead atoms. The van der Waals surface area contributed by atoms with E-state index < -0.39 is 28.4 Å². The molecule has 36 heavy (non-hydrogen) atoms. The number of halogens is 3. The van der Waals surface area contributed by atoms with Crippen molar-refractivity contribution in [2.24, 2.45) is 0 Å². The summed E-state index contributed by atoms with van der Waals surface area (Å²) in [5.41, 5.74) is -2.71. The lowest BCUT2D eigenvalue weighted by Crippen LogP contribution is -2.62. The molecule has 0 unspecified atom stereocenters. The zero-order valence-corrected chi connectivity index (χ0v) is 21.3. The highest BCUT2D eigenvalue weighted by molar-refractivity contribution is 5.75. The highest BCUT2D eigenvalue weighted by Gasteiger charge is 2.47. The van der Waals surface area contributed by atoms with Gasteiger partial charge < -0.3 is 15.5 Å². The summed E-state index contributed by atoms with van der Waals surface area (Å²) in [5, 5.41) is 10.2. The second-order valence-corrected chi connectivity index (χ2v) is 11.3. The molecule has 1 amide bonds. The van der Waals surface area contributed by atoms with Crippen molar-refractivity contribution in [2.45, 2.75) is 96.1 Å². The molecular formula is C24H32F3N7O2. The van der Waals surface area contributed by atoms with Crippen molar-refractivity contribution in [3.05, 3.63) is 34.2 Å². The summed E-state index contributed by atoms with van der Waals surface area (Å²) >= 11 is 0. The first-order valence-electron chi connectivity index (χ1n) is 11.9. The Morgan fingerprint density at radius 1 is 1.08 bits per heavy atom. The summed E-state index contributed by atoms with van der Waals surface area (Å²) in [5.74, 6) is -0.182. The Morgan fingerprint density at radius 3 is 2.22 bits per heavy atom. The molecule has 2 N–H and O–H groups in total. The highest BCUT2D eigenvalue weighted by Crippen LogP contribution is 2.43. The quantitative estimate of drug-likeness (QED) is 0.614. The normalized spacial score (nSPS) is 20.6. The van der Waals surface area contributed by atoms with Crippen LogP contribution in [0.2, 0.25) is 0 Å². The maximum atomic E-state index is 13.5. The van der Waals surface area contributed by atoms with Gasteiger partial charge in [0.2, 0.25) is 11.9 Å². The van der Waals surface area contributed by atoms with Crippen molar-refractivity contribution >= 4 is 23.5 Å². The number of alkyl halides is 3. The number of hydrogen-bond acceptors (Lipinski definition) is 7. The molecule has 1 aliphatic heterocycles. The van der Waals surface area contributed by atoms with E-state index in [9.17, 15) is 22.8 Å². The lowest BCUT2D eigenvalue weighted by Gasteiger charge is -2.55. The Hall–Kier alpha value is -3.18. The largest absolute Gasteiger partial charge is 0.421 e. The van der Waals surface area contributed by atoms with Crippen molar-refractivity contribution < 1.29 is 18.0 Å². The lowest BCUT2D eigenvalue weighted by molar-refractivity contribution is -0.148. The summed E-state index contributed by atoms with van der Waals surface area (Å²) < 4.78 is 41.9. The second kappa shape index (κ2) is 8.45. The number of carbonyl (C=O) groups excluding carboxylic acids is 1. The molecule has 2 fully saturated rings. The van der Waals surface area contributed by atoms with Crippen LogP contribution in [0.15, 0.2) is 23.1 Å². The van der Waals surface area contributed by atoms with Crippen LogP contribution in [-0.2, 0) is 11.0 Å². The first-order chi connectivity index (χ1) is 16.5. The number of amides is 1. The summed E-state index contributed by atoms with van der Waals surface area (Å²) in [6.07, 6.45) is -1.35. The van der Waals surface area contributed by atoms with Gasteiger partial charge in [-0.25, -0.2) is 9.67 Å². The molecule has 4 rings (SSSR count). The number of anilines is 3. The van der Waals surface area contributed by atoms with Gasteiger partial charge in [-0.1, -0.05) is 0 Å². The molecule has 0 aromatic carbocycles. The molecule has 2 aromatic heterocycles. The standard InChI is InChI=1S/C24H32F3N7O2/c1-14(35)34-21(2,3)11-15(12-22(34,4)5)33-18(36)8-7-17(32-33)29-20-28-13-16(24(25,26)27)19(30-20)31-23(6)9-10-23/h7-8,13,15H,9-12H2,1-6H3,(H2,28,29,30,31,32). The molecule has 0 radical (unpaired) electrons. The van der Waals surface area contributed by atoms with Gasteiger partial charge in [-0.3, -0.25) is 9.59 Å². The number of nitrogens with one attached hydrogen (secondary N) is 2. The molecular weight excluding hydrogens is 475 g/mol. The molecule has 2 aromatic rings. The minimum absolute atomic E-state index is 0.0388. The zero-order chi connectivity index (χ0) is 26.7. The zero-order valence-electron chi connectivity index (χ0n) is 21.3. The third-order valence-corrected chi connectivity index (χ3v) is 6.92. The van der Waals surface area contributed by atoms with Gasteiger partial charge >= 0.3 is 6.18 Å². The van der Waals surface area contributed by atoms with E-state index >= 15 is 0 Å². The van der Waals surface area contributed by atoms with Crippen molar-refractivity contribution in [3.63, 3.8) is 0 Å². The number of aromatic nitrogens is 4. The predicted octanol–water partition coefficient (Wildman–Crippen LogP) is 4.50. The van der Waals surface area contributed by atoms with E-state index in [0.717, 1.165) is 19.0 Å². The Bertz CT molecular complexity index is 1220. The topological polar surface area (TPSA) is 105 Å². The maximum absolute atomic E-state index is 13.5. The van der Waals surface area contributed by atoms with Crippen LogP contribution >= 0.6 is 0 Å². The lowest BCUT2D eigenvalue weighted by atomic mass is 9.77. The molecule has 0 atom stereocenters. The SMILES string of the molecule is CC(=O)N1C(C)(C)CC(n2nc(Nc3ncc(C(F)(F)F)c(NC4(C)CC4)n3)ccc2=O)CC1(C)C. The molecule has 1 saturated carbocycles. The van der Waals surface area contributed by atoms with Gasteiger partial charge in [-0.15, -0.1) is 0 Å². The number of rotatable bonds is 5. The van der Waals surface area contributed by atoms with Crippen molar-refractivity contribution in [1.29, 1.82) is 0 Å². The Kier molecular flexibility index (Phi) is 6.08. The van der Waals surface area contributed by atoms with Crippen LogP contribution in [0.4, 0.5) is 30.8 Å². The second-order valence-electron chi connectivity index (χ2n) is 11.3. The van der Waals surface area contributed by atoms with Gasteiger partial charge in [0, 0.05) is 35.8 Å². The average molecular weight is 508 g/mol. The van der Waals surface area contributed by atoms with Gasteiger partial charge in [0.05, 0.1) is 6.04 Å². The summed E-state index contributed by atoms with van der Waals surface area (Å²) in [4.78, 5) is 34.9. The van der Waals surface area contributed by atoms with Crippen molar-refractivity contribution in [3.8, 4) is 0 Å². The van der Waals surface area contributed by atoms with Crippen LogP contribution < -0.4 is 16.2 Å². The molecule has 1 aliphatic carbocycles. The van der Waals surface area contributed by atoms with Crippen LogP contribution in [0.25, 0.3) is 0 Å². The van der Waals surface area contributed by atoms with Crippen LogP contribution in [0.1, 0.15) is 78.8 Å². The van der Waals surface area contributed by atoms with E-state index in [-0.39, 0.29) is 35.1 Å². The minimum atomic E-state index is -4.61. The monoisotopic (exact) mass is 507 g/mol. The smallest absolute Gasteiger partial charge is 0.364 e. The van der Waals surface area contributed by atoms with Gasteiger partial charge in [0.25, 0.3) is 5.56 Å². The van der Waals surface area contributed by atoms with Gasteiger partial charge in [-0.2, -0.15) is 23.3 Å². The van der Waals surface area contributed by atoms with Crippen LogP contribution in [0, 0.1) is 0 Å². The van der Waals surface area contributed by atoms with Crippen molar-refractivity contribution in [1.82, 2.24) is 24.6 Å². The fraction of sp³-hybridized carbons (Fsp3) is 0.625. The molecule has 9 nitrogen and oxygen atoms in total. The van der Waals surface area contributed by atoms with Gasteiger partial charge in [-0.05, 0) is 66.4 Å². The van der Waals surface area contributed by atoms with E-state index in [2.05, 4.69) is 25.7 Å². The summed E-state index contributed by atoms with van der Waals surface area (Å²) in [6, 6.07) is 2.50. The third kappa shape index (κ3) is 5.17. The van der Waals surface area contributed by atoms with E-state index in [4.69, 9.17) is 0 Å². The predicted molar refractivity (Wildman–Crippen MR) is 129 cm³/mol. The number of nitrogens with zero attached hydrogens (tertiary/aromatic N) is 5. The summed E-state index contributed by atoms with van der Waals surface area (Å²) in [7, 11) is 0. The minimum Gasteiger partial charge on any atom is -0.364 e. The van der Waals surface area contributed by atoms with E-state index in [1.807, 2.05) is 39.5 Å². The number of piperidine rings is 1. The first-order valence-corrected chi connectivity index (χ1v) is 11.9. The maximum Gasteiger partial charge on any atom is 0.421 e. The third-order valence-electron chi connectivity index (χ3n) is 6.92. The van der Waals surface area contributed by atoms with Crippen molar-refractivity contribution in [2.75, 3.05) is 10.6 Å². The fourth-order valence-corrected chi connectivity index (χ4v) is 5.46. The molecule has 12 heteroatoms.